The molecule has 0 saturated heterocycles. The van der Waals surface area contributed by atoms with Gasteiger partial charge in [-0.2, -0.15) is 0 Å². The van der Waals surface area contributed by atoms with Crippen molar-refractivity contribution in [1.82, 2.24) is 5.32 Å². The largest absolute Gasteiger partial charge is 0.321 e. The van der Waals surface area contributed by atoms with Crippen molar-refractivity contribution in [3.63, 3.8) is 0 Å². The Morgan fingerprint density at radius 2 is 1.84 bits per heavy atom. The van der Waals surface area contributed by atoms with Crippen LogP contribution in [-0.2, 0) is 11.2 Å². The Hall–Kier alpha value is -3.93. The Kier molecular flexibility index (Phi) is 5.19. The Morgan fingerprint density at radius 3 is 2.66 bits per heavy atom. The Bertz CT molecular complexity index is 1220. The van der Waals surface area contributed by atoms with Gasteiger partial charge in [-0.1, -0.05) is 60.7 Å². The van der Waals surface area contributed by atoms with Crippen LogP contribution in [-0.4, -0.2) is 30.4 Å². The van der Waals surface area contributed by atoms with Crippen molar-refractivity contribution in [2.75, 3.05) is 16.8 Å². The minimum Gasteiger partial charge on any atom is -0.308 e. The highest BCUT2D eigenvalue weighted by atomic mass is 16.2. The molecule has 1 unspecified atom stereocenters. The number of hydrogen-bond donors (Lipinski definition) is 2. The lowest BCUT2D eigenvalue weighted by atomic mass is 9.93. The Morgan fingerprint density at radius 1 is 1.03 bits per heavy atom. The normalized spacial score (nSPS) is 17.2. The summed E-state index contributed by atoms with van der Waals surface area (Å²) in [5, 5.41) is 5.61. The Balaban J connectivity index is 1.54. The molecule has 6 nitrogen and oxygen atoms in total. The van der Waals surface area contributed by atoms with E-state index in [0.29, 0.717) is 17.9 Å². The molecule has 3 aromatic carbocycles. The zero-order valence-corrected chi connectivity index (χ0v) is 17.8. The number of aryl methyl sites for hydroxylation is 2. The number of benzene rings is 3. The van der Waals surface area contributed by atoms with Crippen molar-refractivity contribution in [2.45, 2.75) is 25.9 Å². The molecule has 0 bridgehead atoms. The molecule has 0 radical (unpaired) electrons. The number of amides is 3. The molecule has 3 aromatic rings. The molecular weight excluding hydrogens is 400 g/mol. The molecule has 0 saturated carbocycles. The third-order valence-electron chi connectivity index (χ3n) is 5.82. The van der Waals surface area contributed by atoms with Crippen LogP contribution in [0.25, 0.3) is 0 Å². The van der Waals surface area contributed by atoms with Crippen molar-refractivity contribution in [3.05, 3.63) is 95.1 Å². The predicted molar refractivity (Wildman–Crippen MR) is 126 cm³/mol. The summed E-state index contributed by atoms with van der Waals surface area (Å²) in [6, 6.07) is 22.9. The van der Waals surface area contributed by atoms with E-state index in [4.69, 9.17) is 4.99 Å². The van der Waals surface area contributed by atoms with Crippen molar-refractivity contribution < 1.29 is 9.59 Å². The predicted octanol–water partition coefficient (Wildman–Crippen LogP) is 4.27. The van der Waals surface area contributed by atoms with Crippen LogP contribution in [0, 0.1) is 6.92 Å². The first-order valence-electron chi connectivity index (χ1n) is 10.8. The Labute approximate surface area is 187 Å². The fourth-order valence-electron chi connectivity index (χ4n) is 4.40. The maximum Gasteiger partial charge on any atom is 0.321 e. The minimum atomic E-state index is -1.02. The molecule has 0 spiro atoms. The van der Waals surface area contributed by atoms with Crippen molar-refractivity contribution in [1.29, 1.82) is 0 Å². The number of carbonyl (C=O) groups is 2. The molecule has 0 aliphatic carbocycles. The highest BCUT2D eigenvalue weighted by Gasteiger charge is 2.35. The van der Waals surface area contributed by atoms with E-state index in [-0.39, 0.29) is 5.91 Å². The molecule has 2 aliphatic heterocycles. The zero-order chi connectivity index (χ0) is 22.1. The van der Waals surface area contributed by atoms with Gasteiger partial charge in [0.1, 0.15) is 0 Å². The van der Waals surface area contributed by atoms with E-state index < -0.39 is 12.2 Å². The second kappa shape index (κ2) is 8.30. The molecule has 3 amide bonds. The fraction of sp³-hybridized carbons (Fsp3) is 0.192. The van der Waals surface area contributed by atoms with Crippen LogP contribution >= 0.6 is 0 Å². The van der Waals surface area contributed by atoms with Crippen LogP contribution in [0.2, 0.25) is 0 Å². The number of aliphatic imine (C=N–C) groups is 1. The van der Waals surface area contributed by atoms with E-state index in [0.717, 1.165) is 40.8 Å². The smallest absolute Gasteiger partial charge is 0.308 e. The number of rotatable bonds is 3. The maximum atomic E-state index is 13.5. The highest BCUT2D eigenvalue weighted by molar-refractivity contribution is 6.21. The molecule has 6 heteroatoms. The summed E-state index contributed by atoms with van der Waals surface area (Å²) in [6.45, 7) is 2.57. The zero-order valence-electron chi connectivity index (χ0n) is 17.8. The second-order valence-electron chi connectivity index (χ2n) is 8.12. The second-order valence-corrected chi connectivity index (χ2v) is 8.12. The summed E-state index contributed by atoms with van der Waals surface area (Å²) in [5.74, 6) is -0.219. The number of nitrogens with one attached hydrogen (secondary N) is 2. The first-order chi connectivity index (χ1) is 15.6. The number of hydrogen-bond acceptors (Lipinski definition) is 3. The molecule has 2 N–H and O–H groups in total. The third-order valence-corrected chi connectivity index (χ3v) is 5.82. The van der Waals surface area contributed by atoms with Gasteiger partial charge >= 0.3 is 6.03 Å². The quantitative estimate of drug-likeness (QED) is 0.659. The van der Waals surface area contributed by atoms with Crippen molar-refractivity contribution >= 4 is 29.0 Å². The van der Waals surface area contributed by atoms with Gasteiger partial charge in [0, 0.05) is 23.4 Å². The van der Waals surface area contributed by atoms with Gasteiger partial charge in [0.05, 0.1) is 11.4 Å². The van der Waals surface area contributed by atoms with Crippen LogP contribution in [0.1, 0.15) is 28.7 Å². The lowest BCUT2D eigenvalue weighted by Gasteiger charge is -2.31. The highest BCUT2D eigenvalue weighted by Crippen LogP contribution is 2.35. The molecule has 2 heterocycles. The molecular formula is C26H24N4O2. The van der Waals surface area contributed by atoms with E-state index >= 15 is 0 Å². The molecule has 160 valence electrons. The molecule has 0 fully saturated rings. The van der Waals surface area contributed by atoms with Crippen LogP contribution in [0.3, 0.4) is 0 Å². The van der Waals surface area contributed by atoms with Gasteiger partial charge < -0.3 is 15.5 Å². The monoisotopic (exact) mass is 424 g/mol. The first-order valence-corrected chi connectivity index (χ1v) is 10.8. The topological polar surface area (TPSA) is 73.8 Å². The average molecular weight is 425 g/mol. The lowest BCUT2D eigenvalue weighted by Crippen LogP contribution is -2.49. The van der Waals surface area contributed by atoms with Gasteiger partial charge in [0.25, 0.3) is 5.91 Å². The summed E-state index contributed by atoms with van der Waals surface area (Å²) in [4.78, 5) is 32.9. The molecule has 5 rings (SSSR count). The van der Waals surface area contributed by atoms with E-state index in [1.54, 1.807) is 4.90 Å². The van der Waals surface area contributed by atoms with Gasteiger partial charge in [0.2, 0.25) is 6.17 Å². The number of nitrogens with zero attached hydrogens (tertiary/aromatic N) is 2. The molecule has 2 aliphatic rings. The van der Waals surface area contributed by atoms with Crippen LogP contribution in [0.5, 0.6) is 0 Å². The van der Waals surface area contributed by atoms with E-state index in [9.17, 15) is 9.59 Å². The summed E-state index contributed by atoms with van der Waals surface area (Å²) >= 11 is 0. The summed E-state index contributed by atoms with van der Waals surface area (Å²) < 4.78 is 0. The standard InChI is InChI=1S/C26H24N4O2/c1-17-8-5-13-20(16-17)27-26(32)29-24-25(31)30-15-7-12-19-11-6-14-21(23(19)30)22(28-24)18-9-3-2-4-10-18/h2-6,8-11,13-14,16,24H,7,12,15H2,1H3,(H2,27,29,32). The number of anilines is 2. The van der Waals surface area contributed by atoms with E-state index in [1.165, 1.54) is 0 Å². The van der Waals surface area contributed by atoms with Gasteiger partial charge in [-0.3, -0.25) is 4.79 Å². The summed E-state index contributed by atoms with van der Waals surface area (Å²) in [6.07, 6.45) is 0.778. The van der Waals surface area contributed by atoms with E-state index in [2.05, 4.69) is 16.7 Å². The lowest BCUT2D eigenvalue weighted by molar-refractivity contribution is -0.120. The number of para-hydroxylation sites is 1. The van der Waals surface area contributed by atoms with Crippen LogP contribution in [0.15, 0.2) is 77.8 Å². The SMILES string of the molecule is Cc1cccc(NC(=O)NC2N=C(c3ccccc3)c3cccc4c3N(CCC4)C2=O)c1. The maximum absolute atomic E-state index is 13.5. The summed E-state index contributed by atoms with van der Waals surface area (Å²) in [5.41, 5.74) is 6.29. The van der Waals surface area contributed by atoms with Gasteiger partial charge in [-0.05, 0) is 43.0 Å². The van der Waals surface area contributed by atoms with Crippen LogP contribution in [0.4, 0.5) is 16.2 Å². The molecule has 0 aromatic heterocycles. The number of carbonyl (C=O) groups excluding carboxylic acids is 2. The average Bonchev–Trinajstić information content (AvgIpc) is 2.92. The van der Waals surface area contributed by atoms with E-state index in [1.807, 2.05) is 73.7 Å². The number of urea groups is 1. The van der Waals surface area contributed by atoms with Crippen LogP contribution < -0.4 is 15.5 Å². The first kappa shape index (κ1) is 20.0. The van der Waals surface area contributed by atoms with Gasteiger partial charge in [-0.15, -0.1) is 0 Å². The fourth-order valence-corrected chi connectivity index (χ4v) is 4.40. The van der Waals surface area contributed by atoms with Gasteiger partial charge in [-0.25, -0.2) is 9.79 Å². The van der Waals surface area contributed by atoms with Gasteiger partial charge in [0.15, 0.2) is 0 Å². The summed E-state index contributed by atoms with van der Waals surface area (Å²) in [7, 11) is 0. The third kappa shape index (κ3) is 3.75. The molecule has 32 heavy (non-hydrogen) atoms. The van der Waals surface area contributed by atoms with Crippen molar-refractivity contribution in [3.8, 4) is 0 Å². The minimum absolute atomic E-state index is 0.219. The van der Waals surface area contributed by atoms with Crippen molar-refractivity contribution in [2.24, 2.45) is 4.99 Å². The molecule has 1 atom stereocenters.